The molecule has 0 aliphatic carbocycles. The van der Waals surface area contributed by atoms with E-state index in [1.165, 1.54) is 23.5 Å². The van der Waals surface area contributed by atoms with Crippen molar-refractivity contribution in [2.75, 3.05) is 26.7 Å². The predicted octanol–water partition coefficient (Wildman–Crippen LogP) is 4.43. The molecule has 0 radical (unpaired) electrons. The highest BCUT2D eigenvalue weighted by Crippen LogP contribution is 2.38. The number of nitro groups is 1. The van der Waals surface area contributed by atoms with Crippen LogP contribution in [0.1, 0.15) is 29.9 Å². The van der Waals surface area contributed by atoms with Crippen molar-refractivity contribution in [1.29, 1.82) is 0 Å². The van der Waals surface area contributed by atoms with Crippen molar-refractivity contribution in [3.8, 4) is 11.1 Å². The van der Waals surface area contributed by atoms with Gasteiger partial charge in [0.25, 0.3) is 11.6 Å². The summed E-state index contributed by atoms with van der Waals surface area (Å²) in [5.74, 6) is -0.583. The fourth-order valence-corrected chi connectivity index (χ4v) is 6.98. The first-order valence-electron chi connectivity index (χ1n) is 14.4. The van der Waals surface area contributed by atoms with Gasteiger partial charge in [-0.1, -0.05) is 49.4 Å². The molecule has 44 heavy (non-hydrogen) atoms. The molecule has 232 valence electrons. The smallest absolute Gasteiger partial charge is 0.271 e. The van der Waals surface area contributed by atoms with Gasteiger partial charge in [0, 0.05) is 61.7 Å². The molecule has 0 bridgehead atoms. The number of aryl methyl sites for hydroxylation is 1. The van der Waals surface area contributed by atoms with E-state index in [4.69, 9.17) is 4.74 Å². The molecule has 12 heteroatoms. The molecule has 1 aliphatic rings. The number of carbonyl (C=O) groups excluding carboxylic acids is 1. The minimum atomic E-state index is -4.01. The lowest BCUT2D eigenvalue weighted by Gasteiger charge is -2.35. The fraction of sp³-hybridized carbons (Fsp3) is 0.344. The van der Waals surface area contributed by atoms with Crippen LogP contribution in [-0.2, 0) is 28.4 Å². The lowest BCUT2D eigenvalue weighted by atomic mass is 9.96. The number of amides is 1. The van der Waals surface area contributed by atoms with E-state index >= 15 is 0 Å². The largest absolute Gasteiger partial charge is 0.394 e. The molecule has 1 aliphatic heterocycles. The van der Waals surface area contributed by atoms with Gasteiger partial charge in [-0.2, -0.15) is 4.31 Å². The van der Waals surface area contributed by atoms with Crippen molar-refractivity contribution in [3.05, 3.63) is 94.2 Å². The molecule has 5 rings (SSSR count). The SMILES string of the molecule is C[C@@H]1CN([C@H](C)CO)C(=O)c2c(c3ccccc3n2C)-c2ccccc2CO[C@H]1CN(C)S(=O)(=O)c1ccc([N+](=O)[O-])cc1. The number of non-ortho nitro benzene ring substituents is 1. The molecule has 11 nitrogen and oxygen atoms in total. The van der Waals surface area contributed by atoms with Crippen LogP contribution in [0, 0.1) is 16.0 Å². The zero-order valence-corrected chi connectivity index (χ0v) is 25.9. The van der Waals surface area contributed by atoms with E-state index in [2.05, 4.69) is 0 Å². The van der Waals surface area contributed by atoms with Gasteiger partial charge in [0.15, 0.2) is 0 Å². The second kappa shape index (κ2) is 12.5. The Morgan fingerprint density at radius 1 is 1.09 bits per heavy atom. The zero-order valence-electron chi connectivity index (χ0n) is 25.1. The van der Waals surface area contributed by atoms with Gasteiger partial charge in [-0.3, -0.25) is 14.9 Å². The number of para-hydroxylation sites is 1. The van der Waals surface area contributed by atoms with Crippen molar-refractivity contribution in [1.82, 2.24) is 13.8 Å². The number of nitro benzene ring substituents is 1. The molecule has 0 saturated heterocycles. The number of nitrogens with zero attached hydrogens (tertiary/aromatic N) is 4. The summed E-state index contributed by atoms with van der Waals surface area (Å²) in [5.41, 5.74) is 3.67. The molecular weight excluding hydrogens is 584 g/mol. The van der Waals surface area contributed by atoms with Gasteiger partial charge in [0.1, 0.15) is 5.69 Å². The summed E-state index contributed by atoms with van der Waals surface area (Å²) in [7, 11) is -0.710. The maximum Gasteiger partial charge on any atom is 0.271 e. The van der Waals surface area contributed by atoms with Crippen molar-refractivity contribution >= 4 is 32.5 Å². The number of benzene rings is 3. The summed E-state index contributed by atoms with van der Waals surface area (Å²) >= 11 is 0. The van der Waals surface area contributed by atoms with Gasteiger partial charge >= 0.3 is 0 Å². The Morgan fingerprint density at radius 3 is 2.43 bits per heavy atom. The number of likely N-dealkylation sites (N-methyl/N-ethyl adjacent to an activating group) is 1. The Hall–Kier alpha value is -4.10. The molecule has 4 aromatic rings. The fourth-order valence-electron chi connectivity index (χ4n) is 5.80. The number of ether oxygens (including phenoxy) is 1. The molecular formula is C32H36N4O7S. The van der Waals surface area contributed by atoms with E-state index in [1.807, 2.05) is 67.1 Å². The van der Waals surface area contributed by atoms with Gasteiger partial charge in [-0.05, 0) is 36.2 Å². The third kappa shape index (κ3) is 5.73. The number of aromatic nitrogens is 1. The van der Waals surface area contributed by atoms with E-state index in [1.54, 1.807) is 11.8 Å². The highest BCUT2D eigenvalue weighted by molar-refractivity contribution is 7.89. The highest BCUT2D eigenvalue weighted by atomic mass is 32.2. The standard InChI is InChI=1S/C32H36N4O7S/c1-21-17-35(22(2)19-37)32(38)31-30(27-11-7-8-12-28(27)34(31)4)26-10-6-5-9-23(26)20-43-29(21)18-33(3)44(41,42)25-15-13-24(14-16-25)36(39)40/h5-16,21-22,29,37H,17-20H2,1-4H3/t21-,22-,29+/m1/s1. The maximum atomic E-state index is 14.5. The van der Waals surface area contributed by atoms with E-state index in [-0.39, 0.29) is 48.7 Å². The van der Waals surface area contributed by atoms with Crippen LogP contribution in [-0.4, -0.2) is 77.0 Å². The van der Waals surface area contributed by atoms with E-state index in [0.29, 0.717) is 5.69 Å². The molecule has 0 saturated carbocycles. The summed E-state index contributed by atoms with van der Waals surface area (Å²) in [6, 6.07) is 19.8. The number of fused-ring (bicyclic) bond motifs is 5. The summed E-state index contributed by atoms with van der Waals surface area (Å²) in [5, 5.41) is 22.2. The Morgan fingerprint density at radius 2 is 1.75 bits per heavy atom. The molecule has 0 spiro atoms. The van der Waals surface area contributed by atoms with Crippen LogP contribution < -0.4 is 0 Å². The quantitative estimate of drug-likeness (QED) is 0.239. The lowest BCUT2D eigenvalue weighted by Crippen LogP contribution is -2.48. The van der Waals surface area contributed by atoms with Gasteiger partial charge in [-0.25, -0.2) is 8.42 Å². The Kier molecular flexibility index (Phi) is 8.89. The first-order chi connectivity index (χ1) is 20.9. The average Bonchev–Trinajstić information content (AvgIpc) is 3.31. The Labute approximate surface area is 256 Å². The number of aliphatic hydroxyl groups excluding tert-OH is 1. The van der Waals surface area contributed by atoms with Gasteiger partial charge in [0.2, 0.25) is 10.0 Å². The second-order valence-corrected chi connectivity index (χ2v) is 13.4. The van der Waals surface area contributed by atoms with Crippen molar-refractivity contribution in [2.24, 2.45) is 13.0 Å². The molecule has 1 aromatic heterocycles. The summed E-state index contributed by atoms with van der Waals surface area (Å²) < 4.78 is 36.5. The topological polar surface area (TPSA) is 135 Å². The number of aliphatic hydroxyl groups is 1. The molecule has 3 atom stereocenters. The Bertz CT molecular complexity index is 1800. The van der Waals surface area contributed by atoms with Crippen molar-refractivity contribution < 1.29 is 28.0 Å². The summed E-state index contributed by atoms with van der Waals surface area (Å²) in [6.45, 7) is 3.76. The number of sulfonamides is 1. The maximum absolute atomic E-state index is 14.5. The third-order valence-corrected chi connectivity index (χ3v) is 10.3. The zero-order chi connectivity index (χ0) is 31.8. The van der Waals surface area contributed by atoms with Crippen LogP contribution in [0.4, 0.5) is 5.69 Å². The molecule has 0 fully saturated rings. The first-order valence-corrected chi connectivity index (χ1v) is 15.8. The second-order valence-electron chi connectivity index (χ2n) is 11.3. The van der Waals surface area contributed by atoms with Crippen LogP contribution in [0.5, 0.6) is 0 Å². The van der Waals surface area contributed by atoms with Crippen LogP contribution in [0.2, 0.25) is 0 Å². The lowest BCUT2D eigenvalue weighted by molar-refractivity contribution is -0.384. The summed E-state index contributed by atoms with van der Waals surface area (Å²) in [4.78, 5) is 26.5. The van der Waals surface area contributed by atoms with Crippen LogP contribution in [0.15, 0.2) is 77.7 Å². The number of rotatable bonds is 7. The predicted molar refractivity (Wildman–Crippen MR) is 167 cm³/mol. The van der Waals surface area contributed by atoms with E-state index < -0.39 is 27.1 Å². The number of hydrogen-bond acceptors (Lipinski definition) is 7. The first kappa shape index (κ1) is 31.3. The van der Waals surface area contributed by atoms with E-state index in [0.717, 1.165) is 39.7 Å². The van der Waals surface area contributed by atoms with Crippen molar-refractivity contribution in [2.45, 2.75) is 37.5 Å². The molecule has 2 heterocycles. The van der Waals surface area contributed by atoms with Gasteiger partial charge in [0.05, 0.1) is 35.2 Å². The molecule has 1 amide bonds. The van der Waals surface area contributed by atoms with Crippen molar-refractivity contribution in [3.63, 3.8) is 0 Å². The van der Waals surface area contributed by atoms with Crippen LogP contribution >= 0.6 is 0 Å². The van der Waals surface area contributed by atoms with Crippen LogP contribution in [0.25, 0.3) is 22.0 Å². The third-order valence-electron chi connectivity index (χ3n) is 8.42. The minimum absolute atomic E-state index is 0.0337. The molecule has 3 aromatic carbocycles. The highest BCUT2D eigenvalue weighted by Gasteiger charge is 2.35. The molecule has 0 unspecified atom stereocenters. The molecule has 1 N–H and O–H groups in total. The van der Waals surface area contributed by atoms with Gasteiger partial charge in [-0.15, -0.1) is 0 Å². The summed E-state index contributed by atoms with van der Waals surface area (Å²) in [6.07, 6.45) is -0.639. The van der Waals surface area contributed by atoms with Crippen LogP contribution in [0.3, 0.4) is 0 Å². The number of carbonyl (C=O) groups is 1. The normalized spacial score (nSPS) is 18.5. The monoisotopic (exact) mass is 620 g/mol. The van der Waals surface area contributed by atoms with E-state index in [9.17, 15) is 28.4 Å². The van der Waals surface area contributed by atoms with Gasteiger partial charge < -0.3 is 19.3 Å². The average molecular weight is 621 g/mol. The minimum Gasteiger partial charge on any atom is -0.394 e. The Balaban J connectivity index is 1.57. The number of hydrogen-bond donors (Lipinski definition) is 1.